The van der Waals surface area contributed by atoms with Crippen molar-refractivity contribution in [1.29, 1.82) is 0 Å². The molecule has 96 valence electrons. The van der Waals surface area contributed by atoms with Crippen molar-refractivity contribution in [3.8, 4) is 0 Å². The molecular formula is C15H26N2. The lowest BCUT2D eigenvalue weighted by Gasteiger charge is -2.46. The maximum Gasteiger partial charge on any atom is 0.0660 e. The smallest absolute Gasteiger partial charge is 0.0660 e. The minimum Gasteiger partial charge on any atom is -0.286 e. The summed E-state index contributed by atoms with van der Waals surface area (Å²) in [4.78, 5) is 5.49. The molecule has 2 heterocycles. The average molecular weight is 234 g/mol. The van der Waals surface area contributed by atoms with Gasteiger partial charge < -0.3 is 0 Å². The summed E-state index contributed by atoms with van der Waals surface area (Å²) in [5.41, 5.74) is 1.61. The average Bonchev–Trinajstić information content (AvgIpc) is 2.50. The lowest BCUT2D eigenvalue weighted by atomic mass is 9.72. The molecule has 2 aliphatic heterocycles. The van der Waals surface area contributed by atoms with Gasteiger partial charge in [-0.3, -0.25) is 9.80 Å². The predicted octanol–water partition coefficient (Wildman–Crippen LogP) is 2.57. The van der Waals surface area contributed by atoms with Crippen molar-refractivity contribution in [2.45, 2.75) is 39.8 Å². The molecule has 1 aliphatic carbocycles. The molecule has 5 unspecified atom stereocenters. The van der Waals surface area contributed by atoms with E-state index in [0.29, 0.717) is 0 Å². The van der Waals surface area contributed by atoms with E-state index in [2.05, 4.69) is 36.6 Å². The van der Waals surface area contributed by atoms with Crippen molar-refractivity contribution < 1.29 is 0 Å². The molecular weight excluding hydrogens is 208 g/mol. The molecule has 0 saturated carbocycles. The second-order valence-electron chi connectivity index (χ2n) is 6.47. The van der Waals surface area contributed by atoms with Gasteiger partial charge >= 0.3 is 0 Å². The molecule has 0 aromatic carbocycles. The fourth-order valence-electron chi connectivity index (χ4n) is 4.56. The van der Waals surface area contributed by atoms with E-state index in [1.165, 1.54) is 39.0 Å². The van der Waals surface area contributed by atoms with Gasteiger partial charge in [0, 0.05) is 26.2 Å². The Morgan fingerprint density at radius 1 is 1.06 bits per heavy atom. The first-order chi connectivity index (χ1) is 8.16. The number of allylic oxidation sites excluding steroid dienone is 2. The Kier molecular flexibility index (Phi) is 3.04. The highest BCUT2D eigenvalue weighted by Gasteiger charge is 2.44. The fourth-order valence-corrected chi connectivity index (χ4v) is 4.56. The molecule has 0 N–H and O–H groups in total. The van der Waals surface area contributed by atoms with Crippen molar-refractivity contribution in [2.24, 2.45) is 17.8 Å². The van der Waals surface area contributed by atoms with E-state index >= 15 is 0 Å². The molecule has 17 heavy (non-hydrogen) atoms. The van der Waals surface area contributed by atoms with Gasteiger partial charge in [0.05, 0.1) is 6.17 Å². The molecule has 3 rings (SSSR count). The van der Waals surface area contributed by atoms with Crippen LogP contribution < -0.4 is 0 Å². The van der Waals surface area contributed by atoms with E-state index in [-0.39, 0.29) is 0 Å². The summed E-state index contributed by atoms with van der Waals surface area (Å²) >= 11 is 0. The summed E-state index contributed by atoms with van der Waals surface area (Å²) in [5.74, 6) is 2.45. The molecule has 3 aliphatic rings. The Morgan fingerprint density at radius 3 is 2.29 bits per heavy atom. The highest BCUT2D eigenvalue weighted by atomic mass is 15.4. The van der Waals surface area contributed by atoms with E-state index in [9.17, 15) is 0 Å². The van der Waals surface area contributed by atoms with Crippen molar-refractivity contribution in [2.75, 3.05) is 26.2 Å². The van der Waals surface area contributed by atoms with E-state index in [1.807, 2.05) is 0 Å². The zero-order valence-corrected chi connectivity index (χ0v) is 11.5. The van der Waals surface area contributed by atoms with Gasteiger partial charge in [-0.1, -0.05) is 25.5 Å². The molecule has 2 heteroatoms. The molecule has 0 aromatic rings. The summed E-state index contributed by atoms with van der Waals surface area (Å²) in [6.07, 6.45) is 5.97. The fraction of sp³-hybridized carbons (Fsp3) is 0.867. The van der Waals surface area contributed by atoms with Crippen LogP contribution in [0.1, 0.15) is 33.6 Å². The van der Waals surface area contributed by atoms with Crippen LogP contribution in [0.15, 0.2) is 11.6 Å². The molecule has 0 spiro atoms. The van der Waals surface area contributed by atoms with Crippen LogP contribution in [0.2, 0.25) is 0 Å². The van der Waals surface area contributed by atoms with Gasteiger partial charge in [0.1, 0.15) is 0 Å². The summed E-state index contributed by atoms with van der Waals surface area (Å²) in [5, 5.41) is 0. The van der Waals surface area contributed by atoms with Gasteiger partial charge in [-0.05, 0) is 37.5 Å². The molecule has 2 saturated heterocycles. The van der Waals surface area contributed by atoms with Gasteiger partial charge in [-0.15, -0.1) is 0 Å². The molecule has 2 nitrogen and oxygen atoms in total. The summed E-state index contributed by atoms with van der Waals surface area (Å²) < 4.78 is 0. The zero-order chi connectivity index (χ0) is 12.0. The predicted molar refractivity (Wildman–Crippen MR) is 71.7 cm³/mol. The zero-order valence-electron chi connectivity index (χ0n) is 11.5. The topological polar surface area (TPSA) is 6.48 Å². The van der Waals surface area contributed by atoms with E-state index in [0.717, 1.165) is 23.9 Å². The molecule has 5 atom stereocenters. The summed E-state index contributed by atoms with van der Waals surface area (Å²) in [7, 11) is 0. The van der Waals surface area contributed by atoms with Crippen LogP contribution in [0, 0.1) is 17.8 Å². The van der Waals surface area contributed by atoms with Gasteiger partial charge in [0.25, 0.3) is 0 Å². The third kappa shape index (κ3) is 1.96. The van der Waals surface area contributed by atoms with Crippen LogP contribution in [-0.2, 0) is 0 Å². The number of nitrogens with zero attached hydrogens (tertiary/aromatic N) is 2. The Hall–Kier alpha value is -0.340. The van der Waals surface area contributed by atoms with Crippen LogP contribution in [0.25, 0.3) is 0 Å². The van der Waals surface area contributed by atoms with Crippen molar-refractivity contribution in [3.05, 3.63) is 11.6 Å². The number of hydrogen-bond acceptors (Lipinski definition) is 2. The lowest BCUT2D eigenvalue weighted by molar-refractivity contribution is 0.00332. The monoisotopic (exact) mass is 234 g/mol. The number of hydrogen-bond donors (Lipinski definition) is 0. The van der Waals surface area contributed by atoms with Gasteiger partial charge in [0.2, 0.25) is 0 Å². The lowest BCUT2D eigenvalue weighted by Crippen LogP contribution is -2.53. The van der Waals surface area contributed by atoms with Crippen molar-refractivity contribution in [3.63, 3.8) is 0 Å². The van der Waals surface area contributed by atoms with E-state index in [4.69, 9.17) is 0 Å². The van der Waals surface area contributed by atoms with Crippen LogP contribution in [-0.4, -0.2) is 42.1 Å². The van der Waals surface area contributed by atoms with Crippen LogP contribution in [0.5, 0.6) is 0 Å². The first kappa shape index (κ1) is 11.7. The SMILES string of the molecule is CC1=CC(C)C(C2N3CCCN2CC3)C(C)C1. The third-order valence-corrected chi connectivity index (χ3v) is 5.11. The number of fused-ring (bicyclic) bond motifs is 2. The third-order valence-electron chi connectivity index (χ3n) is 5.11. The Labute approximate surface area is 106 Å². The molecule has 0 radical (unpaired) electrons. The Balaban J connectivity index is 1.84. The summed E-state index contributed by atoms with van der Waals surface area (Å²) in [6.45, 7) is 12.5. The largest absolute Gasteiger partial charge is 0.286 e. The maximum atomic E-state index is 2.75. The number of rotatable bonds is 1. The second kappa shape index (κ2) is 4.40. The highest BCUT2D eigenvalue weighted by molar-refractivity contribution is 5.11. The Morgan fingerprint density at radius 2 is 1.71 bits per heavy atom. The minimum atomic E-state index is 0.748. The van der Waals surface area contributed by atoms with Gasteiger partial charge in [0.15, 0.2) is 0 Å². The molecule has 0 amide bonds. The van der Waals surface area contributed by atoms with Crippen LogP contribution in [0.3, 0.4) is 0 Å². The summed E-state index contributed by atoms with van der Waals surface area (Å²) in [6, 6.07) is 0. The maximum absolute atomic E-state index is 2.75. The Bertz CT molecular complexity index is 307. The quantitative estimate of drug-likeness (QED) is 0.643. The normalized spacial score (nSPS) is 50.2. The molecule has 0 aromatic heterocycles. The van der Waals surface area contributed by atoms with Gasteiger partial charge in [-0.25, -0.2) is 0 Å². The van der Waals surface area contributed by atoms with Gasteiger partial charge in [-0.2, -0.15) is 0 Å². The van der Waals surface area contributed by atoms with Crippen LogP contribution in [0.4, 0.5) is 0 Å². The standard InChI is InChI=1S/C15H26N2/c1-11-9-12(2)14(13(3)10-11)15-16-5-4-6-17(15)8-7-16/h9,12-15H,4-8,10H2,1-3H3. The van der Waals surface area contributed by atoms with E-state index < -0.39 is 0 Å². The first-order valence-electron chi connectivity index (χ1n) is 7.32. The van der Waals surface area contributed by atoms with Crippen molar-refractivity contribution in [1.82, 2.24) is 9.80 Å². The minimum absolute atomic E-state index is 0.748. The van der Waals surface area contributed by atoms with E-state index in [1.54, 1.807) is 5.57 Å². The highest BCUT2D eigenvalue weighted by Crippen LogP contribution is 2.40. The molecule has 2 fully saturated rings. The second-order valence-corrected chi connectivity index (χ2v) is 6.47. The molecule has 2 bridgehead atoms. The van der Waals surface area contributed by atoms with Crippen LogP contribution >= 0.6 is 0 Å². The first-order valence-corrected chi connectivity index (χ1v) is 7.32. The van der Waals surface area contributed by atoms with Crippen molar-refractivity contribution >= 4 is 0 Å².